The highest BCUT2D eigenvalue weighted by Crippen LogP contribution is 2.30. The number of hydrogen-bond acceptors (Lipinski definition) is 3. The van der Waals surface area contributed by atoms with Crippen molar-refractivity contribution in [2.45, 2.75) is 32.2 Å². The first-order chi connectivity index (χ1) is 17.1. The minimum atomic E-state index is -4.00. The molecule has 5 nitrogen and oxygen atoms in total. The Morgan fingerprint density at radius 1 is 0.806 bits per heavy atom. The van der Waals surface area contributed by atoms with Gasteiger partial charge in [0.1, 0.15) is 0 Å². The largest absolute Gasteiger partial charge is 0.322 e. The Kier molecular flexibility index (Phi) is 7.48. The lowest BCUT2D eigenvalue weighted by Crippen LogP contribution is -2.32. The van der Waals surface area contributed by atoms with Crippen molar-refractivity contribution in [1.29, 1.82) is 0 Å². The Labute approximate surface area is 217 Å². The summed E-state index contributed by atoms with van der Waals surface area (Å²) in [5, 5.41) is 3.48. The second kappa shape index (κ2) is 10.6. The van der Waals surface area contributed by atoms with E-state index in [0.29, 0.717) is 10.7 Å². The first-order valence-electron chi connectivity index (χ1n) is 11.5. The van der Waals surface area contributed by atoms with Gasteiger partial charge in [0.15, 0.2) is 0 Å². The number of carbonyl (C=O) groups excluding carboxylic acids is 1. The first kappa shape index (κ1) is 25.5. The van der Waals surface area contributed by atoms with E-state index in [2.05, 4.69) is 5.32 Å². The van der Waals surface area contributed by atoms with Crippen LogP contribution in [0.3, 0.4) is 0 Å². The molecule has 0 unspecified atom stereocenters. The molecule has 0 saturated heterocycles. The van der Waals surface area contributed by atoms with Crippen LogP contribution in [0, 0.1) is 20.8 Å². The lowest BCUT2D eigenvalue weighted by molar-refractivity contribution is 0.102. The van der Waals surface area contributed by atoms with Gasteiger partial charge in [0.2, 0.25) is 0 Å². The third kappa shape index (κ3) is 5.78. The number of benzene rings is 4. The number of amides is 1. The Hall–Kier alpha value is -3.61. The minimum Gasteiger partial charge on any atom is -0.322 e. The molecule has 36 heavy (non-hydrogen) atoms. The Morgan fingerprint density at radius 3 is 2.06 bits per heavy atom. The Balaban J connectivity index is 1.79. The van der Waals surface area contributed by atoms with Crippen LogP contribution in [-0.2, 0) is 16.6 Å². The van der Waals surface area contributed by atoms with Gasteiger partial charge in [-0.2, -0.15) is 0 Å². The molecule has 0 aliphatic heterocycles. The van der Waals surface area contributed by atoms with Crippen molar-refractivity contribution in [2.24, 2.45) is 0 Å². The van der Waals surface area contributed by atoms with Gasteiger partial charge in [-0.15, -0.1) is 0 Å². The number of nitrogens with one attached hydrogen (secondary N) is 1. The summed E-state index contributed by atoms with van der Waals surface area (Å²) < 4.78 is 29.1. The zero-order chi connectivity index (χ0) is 25.9. The quantitative estimate of drug-likeness (QED) is 0.289. The molecule has 0 aliphatic carbocycles. The second-order valence-electron chi connectivity index (χ2n) is 8.80. The van der Waals surface area contributed by atoms with Crippen molar-refractivity contribution in [2.75, 3.05) is 9.62 Å². The van der Waals surface area contributed by atoms with Crippen molar-refractivity contribution < 1.29 is 13.2 Å². The van der Waals surface area contributed by atoms with E-state index < -0.39 is 15.9 Å². The van der Waals surface area contributed by atoms with Crippen LogP contribution in [0.15, 0.2) is 95.9 Å². The van der Waals surface area contributed by atoms with Crippen molar-refractivity contribution in [1.82, 2.24) is 0 Å². The fraction of sp³-hybridized carbons (Fsp3) is 0.138. The highest BCUT2D eigenvalue weighted by Gasteiger charge is 2.28. The van der Waals surface area contributed by atoms with E-state index in [1.54, 1.807) is 72.8 Å². The SMILES string of the molecule is Cc1ccc(S(=O)(=O)N(Cc2ccc(Cl)cc2)c2ccccc2C(=O)Nc2cc(C)cc(C)c2)cc1. The van der Waals surface area contributed by atoms with E-state index in [4.69, 9.17) is 11.6 Å². The molecule has 0 fully saturated rings. The number of halogens is 1. The lowest BCUT2D eigenvalue weighted by atomic mass is 10.1. The van der Waals surface area contributed by atoms with E-state index in [0.717, 1.165) is 22.3 Å². The van der Waals surface area contributed by atoms with E-state index in [1.807, 2.05) is 39.0 Å². The molecule has 1 N–H and O–H groups in total. The van der Waals surface area contributed by atoms with Gasteiger partial charge < -0.3 is 5.32 Å². The smallest absolute Gasteiger partial charge is 0.264 e. The summed E-state index contributed by atoms with van der Waals surface area (Å²) in [4.78, 5) is 13.6. The summed E-state index contributed by atoms with van der Waals surface area (Å²) >= 11 is 6.05. The number of carbonyl (C=O) groups is 1. The lowest BCUT2D eigenvalue weighted by Gasteiger charge is -2.27. The second-order valence-corrected chi connectivity index (χ2v) is 11.1. The van der Waals surface area contributed by atoms with Crippen molar-refractivity contribution in [3.8, 4) is 0 Å². The van der Waals surface area contributed by atoms with Gasteiger partial charge in [0, 0.05) is 10.7 Å². The number of rotatable bonds is 7. The zero-order valence-electron chi connectivity index (χ0n) is 20.3. The van der Waals surface area contributed by atoms with Gasteiger partial charge in [-0.1, -0.05) is 59.6 Å². The summed E-state index contributed by atoms with van der Waals surface area (Å²) in [5.41, 5.74) is 4.91. The van der Waals surface area contributed by atoms with Gasteiger partial charge >= 0.3 is 0 Å². The molecule has 1 amide bonds. The average Bonchev–Trinajstić information content (AvgIpc) is 2.83. The molecule has 0 atom stereocenters. The van der Waals surface area contributed by atoms with Crippen LogP contribution < -0.4 is 9.62 Å². The molecule has 0 radical (unpaired) electrons. The molecule has 4 aromatic carbocycles. The number of sulfonamides is 1. The number of hydrogen-bond donors (Lipinski definition) is 1. The topological polar surface area (TPSA) is 66.5 Å². The summed E-state index contributed by atoms with van der Waals surface area (Å²) in [6.07, 6.45) is 0. The number of nitrogens with zero attached hydrogens (tertiary/aromatic N) is 1. The fourth-order valence-electron chi connectivity index (χ4n) is 4.02. The molecule has 0 saturated carbocycles. The van der Waals surface area contributed by atoms with E-state index in [-0.39, 0.29) is 22.7 Å². The third-order valence-electron chi connectivity index (χ3n) is 5.75. The summed E-state index contributed by atoms with van der Waals surface area (Å²) in [6.45, 7) is 5.84. The average molecular weight is 519 g/mol. The molecular formula is C29H27ClN2O3S. The normalized spacial score (nSPS) is 11.2. The van der Waals surface area contributed by atoms with E-state index in [9.17, 15) is 13.2 Å². The maximum atomic E-state index is 13.9. The van der Waals surface area contributed by atoms with Crippen molar-refractivity contribution in [3.05, 3.63) is 124 Å². The number of anilines is 2. The zero-order valence-corrected chi connectivity index (χ0v) is 21.9. The predicted octanol–water partition coefficient (Wildman–Crippen LogP) is 6.91. The van der Waals surface area contributed by atoms with Gasteiger partial charge in [0.25, 0.3) is 15.9 Å². The van der Waals surface area contributed by atoms with E-state index in [1.165, 1.54) is 4.31 Å². The molecular weight excluding hydrogens is 492 g/mol. The van der Waals surface area contributed by atoms with E-state index >= 15 is 0 Å². The van der Waals surface area contributed by atoms with Crippen LogP contribution in [0.1, 0.15) is 32.6 Å². The number of para-hydroxylation sites is 1. The molecule has 7 heteroatoms. The summed E-state index contributed by atoms with van der Waals surface area (Å²) in [5.74, 6) is -0.393. The van der Waals surface area contributed by atoms with Gasteiger partial charge in [-0.3, -0.25) is 9.10 Å². The molecule has 0 aromatic heterocycles. The van der Waals surface area contributed by atoms with Crippen LogP contribution >= 0.6 is 11.6 Å². The molecule has 4 rings (SSSR count). The third-order valence-corrected chi connectivity index (χ3v) is 7.77. The van der Waals surface area contributed by atoms with Crippen LogP contribution in [-0.4, -0.2) is 14.3 Å². The molecule has 4 aromatic rings. The highest BCUT2D eigenvalue weighted by molar-refractivity contribution is 7.92. The maximum absolute atomic E-state index is 13.9. The van der Waals surface area contributed by atoms with Crippen LogP contribution in [0.4, 0.5) is 11.4 Å². The molecule has 0 spiro atoms. The molecule has 0 heterocycles. The Bertz CT molecular complexity index is 1480. The van der Waals surface area contributed by atoms with Crippen molar-refractivity contribution >= 4 is 38.9 Å². The monoisotopic (exact) mass is 518 g/mol. The summed E-state index contributed by atoms with van der Waals surface area (Å²) in [7, 11) is -4.00. The van der Waals surface area contributed by atoms with Crippen LogP contribution in [0.2, 0.25) is 5.02 Å². The van der Waals surface area contributed by atoms with Crippen molar-refractivity contribution in [3.63, 3.8) is 0 Å². The van der Waals surface area contributed by atoms with Gasteiger partial charge in [0.05, 0.1) is 22.7 Å². The Morgan fingerprint density at radius 2 is 1.42 bits per heavy atom. The maximum Gasteiger partial charge on any atom is 0.264 e. The molecule has 184 valence electrons. The summed E-state index contributed by atoms with van der Waals surface area (Å²) in [6, 6.07) is 26.2. The molecule has 0 bridgehead atoms. The van der Waals surface area contributed by atoms with Gasteiger partial charge in [-0.25, -0.2) is 8.42 Å². The standard InChI is InChI=1S/C29H27ClN2O3S/c1-20-8-14-26(15-9-20)36(34,35)32(19-23-10-12-24(30)13-11-23)28-7-5-4-6-27(28)29(33)31-25-17-21(2)16-22(3)18-25/h4-18H,19H2,1-3H3,(H,31,33). The van der Waals surface area contributed by atoms with Gasteiger partial charge in [-0.05, 0) is 86.0 Å². The minimum absolute atomic E-state index is 0.0290. The first-order valence-corrected chi connectivity index (χ1v) is 13.3. The number of aryl methyl sites for hydroxylation is 3. The highest BCUT2D eigenvalue weighted by atomic mass is 35.5. The molecule has 0 aliphatic rings. The van der Waals surface area contributed by atoms with Crippen LogP contribution in [0.25, 0.3) is 0 Å². The predicted molar refractivity (Wildman–Crippen MR) is 146 cm³/mol. The van der Waals surface area contributed by atoms with Crippen LogP contribution in [0.5, 0.6) is 0 Å². The fourth-order valence-corrected chi connectivity index (χ4v) is 5.62.